The Balaban J connectivity index is 2.96. The van der Waals surface area contributed by atoms with E-state index in [-0.39, 0.29) is 11.4 Å². The fourth-order valence-corrected chi connectivity index (χ4v) is 3.01. The molecule has 0 aliphatic rings. The third-order valence-electron chi connectivity index (χ3n) is 2.76. The molecular formula is C16H17ClN2O2S. The zero-order valence-corrected chi connectivity index (χ0v) is 13.7. The van der Waals surface area contributed by atoms with Crippen LogP contribution in [0, 0.1) is 23.3 Å². The van der Waals surface area contributed by atoms with Crippen molar-refractivity contribution in [2.24, 2.45) is 0 Å². The highest BCUT2D eigenvalue weighted by atomic mass is 35.5. The average molecular weight is 337 g/mol. The Morgan fingerprint density at radius 1 is 1.27 bits per heavy atom. The second-order valence-corrected chi connectivity index (χ2v) is 6.64. The number of rotatable bonds is 7. The second-order valence-electron chi connectivity index (χ2n) is 4.40. The molecule has 0 amide bonds. The number of nitriles is 1. The predicted molar refractivity (Wildman–Crippen MR) is 87.6 cm³/mol. The van der Waals surface area contributed by atoms with E-state index < -0.39 is 10.0 Å². The molecule has 0 saturated heterocycles. The van der Waals surface area contributed by atoms with E-state index in [1.54, 1.807) is 0 Å². The Labute approximate surface area is 137 Å². The van der Waals surface area contributed by atoms with Crippen LogP contribution < -0.4 is 0 Å². The quantitative estimate of drug-likeness (QED) is 0.253. The molecule has 0 radical (unpaired) electrons. The van der Waals surface area contributed by atoms with Gasteiger partial charge in [-0.2, -0.15) is 5.26 Å². The zero-order chi connectivity index (χ0) is 16.4. The lowest BCUT2D eigenvalue weighted by molar-refractivity contribution is 0.532. The Morgan fingerprint density at radius 2 is 1.95 bits per heavy atom. The van der Waals surface area contributed by atoms with Gasteiger partial charge in [0.15, 0.2) is 0 Å². The van der Waals surface area contributed by atoms with E-state index in [4.69, 9.17) is 16.9 Å². The molecule has 1 aromatic rings. The van der Waals surface area contributed by atoms with Crippen LogP contribution in [-0.2, 0) is 10.0 Å². The molecular weight excluding hydrogens is 320 g/mol. The maximum atomic E-state index is 12.5. The van der Waals surface area contributed by atoms with Crippen molar-refractivity contribution >= 4 is 21.6 Å². The third kappa shape index (κ3) is 5.11. The summed E-state index contributed by atoms with van der Waals surface area (Å²) >= 11 is 5.58. The lowest BCUT2D eigenvalue weighted by Crippen LogP contribution is -2.26. The molecule has 0 N–H and O–H groups in total. The van der Waals surface area contributed by atoms with Crippen molar-refractivity contribution < 1.29 is 8.42 Å². The van der Waals surface area contributed by atoms with Gasteiger partial charge in [-0.1, -0.05) is 12.0 Å². The van der Waals surface area contributed by atoms with Gasteiger partial charge in [-0.05, 0) is 37.1 Å². The van der Waals surface area contributed by atoms with E-state index in [9.17, 15) is 8.42 Å². The number of halogens is 1. The summed E-state index contributed by atoms with van der Waals surface area (Å²) in [6, 6.07) is 10.3. The van der Waals surface area contributed by atoms with Crippen LogP contribution in [-0.4, -0.2) is 25.1 Å². The van der Waals surface area contributed by atoms with Crippen LogP contribution >= 0.6 is 11.6 Å². The summed E-state index contributed by atoms with van der Waals surface area (Å²) in [6.07, 6.45) is 3.74. The zero-order valence-electron chi connectivity index (χ0n) is 12.1. The molecule has 22 heavy (non-hydrogen) atoms. The first kappa shape index (κ1) is 18.1. The molecule has 0 saturated carbocycles. The Kier molecular flexibility index (Phi) is 7.52. The molecule has 0 unspecified atom stereocenters. The van der Waals surface area contributed by atoms with Crippen molar-refractivity contribution in [2.45, 2.75) is 24.2 Å². The number of benzene rings is 1. The van der Waals surface area contributed by atoms with Gasteiger partial charge in [0.25, 0.3) is 10.0 Å². The van der Waals surface area contributed by atoms with Gasteiger partial charge in [0.1, 0.15) is 0 Å². The highest BCUT2D eigenvalue weighted by Gasteiger charge is 2.20. The van der Waals surface area contributed by atoms with E-state index in [0.29, 0.717) is 17.9 Å². The molecule has 0 fully saturated rings. The highest BCUT2D eigenvalue weighted by molar-refractivity contribution is 7.89. The van der Waals surface area contributed by atoms with Crippen LogP contribution in [0.1, 0.15) is 24.8 Å². The Hall–Kier alpha value is -1.95. The highest BCUT2D eigenvalue weighted by Crippen LogP contribution is 2.15. The molecule has 4 nitrogen and oxygen atoms in total. The largest absolute Gasteiger partial charge is 0.271 e. The predicted octanol–water partition coefficient (Wildman–Crippen LogP) is 3.10. The molecule has 0 aliphatic carbocycles. The molecule has 0 heterocycles. The van der Waals surface area contributed by atoms with Crippen molar-refractivity contribution in [1.29, 1.82) is 5.26 Å². The summed E-state index contributed by atoms with van der Waals surface area (Å²) in [5, 5.41) is 8.76. The van der Waals surface area contributed by atoms with E-state index in [0.717, 1.165) is 17.1 Å². The van der Waals surface area contributed by atoms with Crippen molar-refractivity contribution in [3.63, 3.8) is 0 Å². The monoisotopic (exact) mass is 336 g/mol. The molecule has 6 heteroatoms. The van der Waals surface area contributed by atoms with Gasteiger partial charge in [0, 0.05) is 18.3 Å². The first-order chi connectivity index (χ1) is 10.6. The summed E-state index contributed by atoms with van der Waals surface area (Å²) in [7, 11) is -3.73. The standard InChI is InChI=1S/C16H17ClN2O2S/c1-2-12-19(13-6-4-3-5-11-17)22(20,21)16-9-7-15(14-18)8-10-16/h2,7-10H,1,3-5,11-12H2. The van der Waals surface area contributed by atoms with Crippen molar-refractivity contribution in [3.8, 4) is 18.0 Å². The second kappa shape index (κ2) is 9.15. The first-order valence-corrected chi connectivity index (χ1v) is 8.72. The van der Waals surface area contributed by atoms with Crippen LogP contribution in [0.15, 0.2) is 41.8 Å². The Morgan fingerprint density at radius 3 is 2.50 bits per heavy atom. The van der Waals surface area contributed by atoms with E-state index in [2.05, 4.69) is 18.5 Å². The van der Waals surface area contributed by atoms with Gasteiger partial charge in [-0.25, -0.2) is 12.7 Å². The van der Waals surface area contributed by atoms with Crippen molar-refractivity contribution in [1.82, 2.24) is 4.31 Å². The molecule has 1 aromatic carbocycles. The number of nitrogens with zero attached hydrogens (tertiary/aromatic N) is 2. The molecule has 0 atom stereocenters. The van der Waals surface area contributed by atoms with Gasteiger partial charge in [-0.15, -0.1) is 18.2 Å². The number of sulfonamides is 1. The first-order valence-electron chi connectivity index (χ1n) is 6.74. The van der Waals surface area contributed by atoms with Gasteiger partial charge < -0.3 is 0 Å². The van der Waals surface area contributed by atoms with Gasteiger partial charge in [0.2, 0.25) is 0 Å². The topological polar surface area (TPSA) is 61.2 Å². The van der Waals surface area contributed by atoms with E-state index in [1.165, 1.54) is 30.3 Å². The molecule has 0 spiro atoms. The number of hydrogen-bond donors (Lipinski definition) is 0. The number of alkyl halides is 1. The van der Waals surface area contributed by atoms with Crippen LogP contribution in [0.3, 0.4) is 0 Å². The summed E-state index contributed by atoms with van der Waals surface area (Å²) in [5.74, 6) is 3.41. The summed E-state index contributed by atoms with van der Waals surface area (Å²) in [6.45, 7) is 3.66. The minimum atomic E-state index is -3.73. The number of unbranched alkanes of at least 4 members (excludes halogenated alkanes) is 2. The maximum Gasteiger partial charge on any atom is 0.271 e. The van der Waals surface area contributed by atoms with Crippen LogP contribution in [0.4, 0.5) is 0 Å². The van der Waals surface area contributed by atoms with Crippen molar-refractivity contribution in [3.05, 3.63) is 42.5 Å². The molecule has 0 bridgehead atoms. The van der Waals surface area contributed by atoms with Gasteiger partial charge in [-0.3, -0.25) is 0 Å². The molecule has 1 rings (SSSR count). The minimum Gasteiger partial charge on any atom is -0.221 e. The van der Waals surface area contributed by atoms with Crippen LogP contribution in [0.2, 0.25) is 0 Å². The fraction of sp³-hybridized carbons (Fsp3) is 0.312. The smallest absolute Gasteiger partial charge is 0.221 e. The normalized spacial score (nSPS) is 10.2. The van der Waals surface area contributed by atoms with Crippen LogP contribution in [0.5, 0.6) is 0 Å². The average Bonchev–Trinajstić information content (AvgIpc) is 2.53. The third-order valence-corrected chi connectivity index (χ3v) is 4.71. The fourth-order valence-electron chi connectivity index (χ4n) is 1.60. The summed E-state index contributed by atoms with van der Waals surface area (Å²) in [5.41, 5.74) is 0.404. The van der Waals surface area contributed by atoms with Crippen LogP contribution in [0.25, 0.3) is 0 Å². The van der Waals surface area contributed by atoms with Gasteiger partial charge in [0.05, 0.1) is 23.1 Å². The minimum absolute atomic E-state index is 0.100. The van der Waals surface area contributed by atoms with E-state index in [1.807, 2.05) is 6.07 Å². The number of hydrogen-bond acceptors (Lipinski definition) is 3. The SMILES string of the molecule is C=CCN(C#CCCCCCl)S(=O)(=O)c1ccc(C#N)cc1. The maximum absolute atomic E-state index is 12.5. The molecule has 0 aromatic heterocycles. The van der Waals surface area contributed by atoms with Gasteiger partial charge >= 0.3 is 0 Å². The Bertz CT molecular complexity index is 694. The molecule has 0 aliphatic heterocycles. The lowest BCUT2D eigenvalue weighted by Gasteiger charge is -2.16. The summed E-state index contributed by atoms with van der Waals surface area (Å²) in [4.78, 5) is 0.100. The van der Waals surface area contributed by atoms with Crippen molar-refractivity contribution in [2.75, 3.05) is 12.4 Å². The summed E-state index contributed by atoms with van der Waals surface area (Å²) < 4.78 is 26.1. The van der Waals surface area contributed by atoms with E-state index >= 15 is 0 Å². The lowest BCUT2D eigenvalue weighted by atomic mass is 10.2. The molecule has 116 valence electrons.